The molecule has 8 nitrogen and oxygen atoms in total. The van der Waals surface area contributed by atoms with Crippen molar-refractivity contribution >= 4 is 17.7 Å². The molecule has 2 aromatic carbocycles. The third kappa shape index (κ3) is 4.45. The maximum atomic E-state index is 12.8. The zero-order valence-electron chi connectivity index (χ0n) is 18.2. The van der Waals surface area contributed by atoms with Crippen LogP contribution in [0.4, 0.5) is 0 Å². The normalized spacial score (nSPS) is 12.2. The molecule has 0 saturated heterocycles. The number of rotatable bonds is 7. The van der Waals surface area contributed by atoms with Crippen LogP contribution < -0.4 is 9.47 Å². The molecule has 1 aliphatic rings. The molecule has 9 heteroatoms. The molecule has 5 rings (SSSR count). The van der Waals surface area contributed by atoms with Gasteiger partial charge in [-0.1, -0.05) is 30.0 Å². The van der Waals surface area contributed by atoms with Gasteiger partial charge in [0.05, 0.1) is 12.3 Å². The van der Waals surface area contributed by atoms with Crippen molar-refractivity contribution in [3.8, 4) is 28.6 Å². The van der Waals surface area contributed by atoms with E-state index in [2.05, 4.69) is 10.2 Å². The monoisotopic (exact) mass is 462 g/mol. The SMILES string of the molecule is Cc1ccc(CN(C)C(=O)CSc2nnc(-c3ccc4c(c3)OCO4)n2-c2ccccc2)o1. The first-order valence-corrected chi connectivity index (χ1v) is 11.4. The predicted octanol–water partition coefficient (Wildman–Crippen LogP) is 4.32. The van der Waals surface area contributed by atoms with Gasteiger partial charge < -0.3 is 18.8 Å². The summed E-state index contributed by atoms with van der Waals surface area (Å²) in [6, 6.07) is 19.3. The highest BCUT2D eigenvalue weighted by atomic mass is 32.2. The van der Waals surface area contributed by atoms with E-state index in [9.17, 15) is 4.79 Å². The van der Waals surface area contributed by atoms with Crippen LogP contribution >= 0.6 is 11.8 Å². The number of para-hydroxylation sites is 1. The van der Waals surface area contributed by atoms with Crippen molar-refractivity contribution in [1.82, 2.24) is 19.7 Å². The maximum Gasteiger partial charge on any atom is 0.233 e. The summed E-state index contributed by atoms with van der Waals surface area (Å²) >= 11 is 1.35. The molecule has 0 N–H and O–H groups in total. The Morgan fingerprint density at radius 1 is 1.06 bits per heavy atom. The average molecular weight is 463 g/mol. The van der Waals surface area contributed by atoms with E-state index in [1.54, 1.807) is 11.9 Å². The Hall–Kier alpha value is -3.72. The second-order valence-electron chi connectivity index (χ2n) is 7.60. The van der Waals surface area contributed by atoms with Crippen molar-refractivity contribution in [1.29, 1.82) is 0 Å². The van der Waals surface area contributed by atoms with Crippen LogP contribution in [0.15, 0.2) is 70.2 Å². The minimum Gasteiger partial charge on any atom is -0.464 e. The van der Waals surface area contributed by atoms with Crippen molar-refractivity contribution in [2.24, 2.45) is 0 Å². The van der Waals surface area contributed by atoms with E-state index < -0.39 is 0 Å². The summed E-state index contributed by atoms with van der Waals surface area (Å²) in [6.45, 7) is 2.51. The quantitative estimate of drug-likeness (QED) is 0.378. The molecule has 33 heavy (non-hydrogen) atoms. The van der Waals surface area contributed by atoms with Crippen LogP contribution in [-0.2, 0) is 11.3 Å². The Kier molecular flexibility index (Phi) is 5.78. The van der Waals surface area contributed by atoms with Gasteiger partial charge in [0.15, 0.2) is 22.5 Å². The third-order valence-corrected chi connectivity index (χ3v) is 6.13. The van der Waals surface area contributed by atoms with Gasteiger partial charge in [0.1, 0.15) is 11.5 Å². The molecule has 0 unspecified atom stereocenters. The van der Waals surface area contributed by atoms with Crippen molar-refractivity contribution in [3.05, 3.63) is 72.2 Å². The number of benzene rings is 2. The number of ether oxygens (including phenoxy) is 2. The lowest BCUT2D eigenvalue weighted by molar-refractivity contribution is -0.127. The van der Waals surface area contributed by atoms with Crippen LogP contribution in [0.3, 0.4) is 0 Å². The Balaban J connectivity index is 1.39. The number of thioether (sulfide) groups is 1. The maximum absolute atomic E-state index is 12.8. The van der Waals surface area contributed by atoms with Crippen LogP contribution in [0.5, 0.6) is 11.5 Å². The van der Waals surface area contributed by atoms with Gasteiger partial charge in [0, 0.05) is 18.3 Å². The Morgan fingerprint density at radius 3 is 2.67 bits per heavy atom. The number of hydrogen-bond acceptors (Lipinski definition) is 7. The lowest BCUT2D eigenvalue weighted by Gasteiger charge is -2.16. The molecule has 0 bridgehead atoms. The molecular weight excluding hydrogens is 440 g/mol. The zero-order valence-corrected chi connectivity index (χ0v) is 19.0. The number of hydrogen-bond donors (Lipinski definition) is 0. The molecule has 0 spiro atoms. The fourth-order valence-corrected chi connectivity index (χ4v) is 4.42. The first-order chi connectivity index (χ1) is 16.1. The number of furan rings is 1. The van der Waals surface area contributed by atoms with Gasteiger partial charge in [-0.3, -0.25) is 9.36 Å². The number of aromatic nitrogens is 3. The van der Waals surface area contributed by atoms with E-state index in [0.29, 0.717) is 29.0 Å². The Bertz CT molecular complexity index is 1280. The Morgan fingerprint density at radius 2 is 1.88 bits per heavy atom. The molecule has 0 atom stereocenters. The second kappa shape index (κ2) is 9.03. The third-order valence-electron chi connectivity index (χ3n) is 5.22. The van der Waals surface area contributed by atoms with Gasteiger partial charge in [0.25, 0.3) is 0 Å². The van der Waals surface area contributed by atoms with Crippen molar-refractivity contribution in [2.75, 3.05) is 19.6 Å². The fraction of sp³-hybridized carbons (Fsp3) is 0.208. The number of aryl methyl sites for hydroxylation is 1. The summed E-state index contributed by atoms with van der Waals surface area (Å²) in [5.74, 6) is 3.82. The summed E-state index contributed by atoms with van der Waals surface area (Å²) in [5.41, 5.74) is 1.75. The number of fused-ring (bicyclic) bond motifs is 1. The number of nitrogens with zero attached hydrogens (tertiary/aromatic N) is 4. The van der Waals surface area contributed by atoms with Crippen LogP contribution in [0.1, 0.15) is 11.5 Å². The molecule has 0 aliphatic carbocycles. The summed E-state index contributed by atoms with van der Waals surface area (Å²) in [4.78, 5) is 14.4. The summed E-state index contributed by atoms with van der Waals surface area (Å²) in [6.07, 6.45) is 0. The predicted molar refractivity (Wildman–Crippen MR) is 124 cm³/mol. The summed E-state index contributed by atoms with van der Waals surface area (Å²) in [7, 11) is 1.76. The van der Waals surface area contributed by atoms with Gasteiger partial charge in [-0.2, -0.15) is 0 Å². The highest BCUT2D eigenvalue weighted by Gasteiger charge is 2.21. The lowest BCUT2D eigenvalue weighted by atomic mass is 10.2. The van der Waals surface area contributed by atoms with Crippen LogP contribution in [0, 0.1) is 6.92 Å². The van der Waals surface area contributed by atoms with Gasteiger partial charge in [-0.25, -0.2) is 0 Å². The van der Waals surface area contributed by atoms with E-state index in [4.69, 9.17) is 13.9 Å². The second-order valence-corrected chi connectivity index (χ2v) is 8.54. The lowest BCUT2D eigenvalue weighted by Crippen LogP contribution is -2.27. The van der Waals surface area contributed by atoms with E-state index in [1.807, 2.05) is 72.2 Å². The van der Waals surface area contributed by atoms with Gasteiger partial charge in [-0.15, -0.1) is 10.2 Å². The van der Waals surface area contributed by atoms with E-state index in [-0.39, 0.29) is 18.5 Å². The molecule has 3 heterocycles. The average Bonchev–Trinajstić information content (AvgIpc) is 3.57. The first kappa shape index (κ1) is 21.1. The minimum atomic E-state index is -0.0266. The van der Waals surface area contributed by atoms with E-state index >= 15 is 0 Å². The first-order valence-electron chi connectivity index (χ1n) is 10.4. The largest absolute Gasteiger partial charge is 0.464 e. The van der Waals surface area contributed by atoms with E-state index in [1.165, 1.54) is 11.8 Å². The minimum absolute atomic E-state index is 0.0266. The van der Waals surface area contributed by atoms with Crippen molar-refractivity contribution in [3.63, 3.8) is 0 Å². The van der Waals surface area contributed by atoms with Gasteiger partial charge in [0.2, 0.25) is 12.7 Å². The molecule has 168 valence electrons. The summed E-state index contributed by atoms with van der Waals surface area (Å²) < 4.78 is 18.5. The Labute approximate surface area is 195 Å². The number of carbonyl (C=O) groups is 1. The molecule has 2 aromatic heterocycles. The van der Waals surface area contributed by atoms with Crippen LogP contribution in [0.2, 0.25) is 0 Å². The summed E-state index contributed by atoms with van der Waals surface area (Å²) in [5, 5.41) is 9.46. The molecule has 1 aliphatic heterocycles. The standard InChI is InChI=1S/C24H22N4O4S/c1-16-8-10-19(32-16)13-27(2)22(29)14-33-24-26-25-23(28(24)18-6-4-3-5-7-18)17-9-11-20-21(12-17)31-15-30-20/h3-12H,13-15H2,1-2H3. The van der Waals surface area contributed by atoms with Gasteiger partial charge >= 0.3 is 0 Å². The molecule has 1 amide bonds. The molecule has 4 aromatic rings. The highest BCUT2D eigenvalue weighted by Crippen LogP contribution is 2.37. The molecular formula is C24H22N4O4S. The van der Waals surface area contributed by atoms with Crippen molar-refractivity contribution in [2.45, 2.75) is 18.6 Å². The zero-order chi connectivity index (χ0) is 22.8. The van der Waals surface area contributed by atoms with Crippen molar-refractivity contribution < 1.29 is 18.7 Å². The topological polar surface area (TPSA) is 82.6 Å². The van der Waals surface area contributed by atoms with Gasteiger partial charge in [-0.05, 0) is 49.4 Å². The molecule has 0 saturated carbocycles. The van der Waals surface area contributed by atoms with Crippen LogP contribution in [-0.4, -0.2) is 45.2 Å². The fourth-order valence-electron chi connectivity index (χ4n) is 3.52. The molecule has 0 fully saturated rings. The molecule has 0 radical (unpaired) electrons. The number of carbonyl (C=O) groups excluding carboxylic acids is 1. The smallest absolute Gasteiger partial charge is 0.233 e. The van der Waals surface area contributed by atoms with Crippen LogP contribution in [0.25, 0.3) is 17.1 Å². The number of amides is 1. The highest BCUT2D eigenvalue weighted by molar-refractivity contribution is 7.99. The van der Waals surface area contributed by atoms with E-state index in [0.717, 1.165) is 22.8 Å².